The van der Waals surface area contributed by atoms with Crippen molar-refractivity contribution in [3.8, 4) is 0 Å². The van der Waals surface area contributed by atoms with E-state index in [2.05, 4.69) is 10.6 Å². The number of rotatable bonds is 5. The highest BCUT2D eigenvalue weighted by Crippen LogP contribution is 2.20. The molecule has 1 amide bonds. The van der Waals surface area contributed by atoms with E-state index >= 15 is 0 Å². The van der Waals surface area contributed by atoms with Crippen LogP contribution in [-0.2, 0) is 10.0 Å². The number of carbonyl (C=O) groups excluding carboxylic acids is 1. The number of carbonyl (C=O) groups is 1. The van der Waals surface area contributed by atoms with E-state index in [0.717, 1.165) is 25.7 Å². The number of hydrogen-bond donors (Lipinski definition) is 2. The lowest BCUT2D eigenvalue weighted by Crippen LogP contribution is -2.52. The molecule has 2 N–H and O–H groups in total. The first-order valence-corrected chi connectivity index (χ1v) is 10.1. The number of hydrogen-bond acceptors (Lipinski definition) is 4. The maximum atomic E-state index is 12.8. The summed E-state index contributed by atoms with van der Waals surface area (Å²) in [5.74, 6) is -0.128. The van der Waals surface area contributed by atoms with E-state index < -0.39 is 10.0 Å². The van der Waals surface area contributed by atoms with Crippen molar-refractivity contribution in [1.82, 2.24) is 14.9 Å². The van der Waals surface area contributed by atoms with Gasteiger partial charge in [0.05, 0.1) is 4.90 Å². The fraction of sp³-hybridized carbons (Fsp3) is 0.588. The quantitative estimate of drug-likeness (QED) is 0.839. The summed E-state index contributed by atoms with van der Waals surface area (Å²) in [4.78, 5) is 12.4. The van der Waals surface area contributed by atoms with Crippen LogP contribution in [0.3, 0.4) is 0 Å². The van der Waals surface area contributed by atoms with Crippen molar-refractivity contribution in [2.75, 3.05) is 19.6 Å². The minimum Gasteiger partial charge on any atom is -0.349 e. The third kappa shape index (κ3) is 3.63. The Labute approximate surface area is 143 Å². The monoisotopic (exact) mass is 351 g/mol. The first-order valence-electron chi connectivity index (χ1n) is 8.65. The zero-order valence-electron chi connectivity index (χ0n) is 14.0. The second-order valence-corrected chi connectivity index (χ2v) is 8.49. The van der Waals surface area contributed by atoms with Crippen LogP contribution in [0.2, 0.25) is 0 Å². The van der Waals surface area contributed by atoms with Gasteiger partial charge in [0.2, 0.25) is 10.0 Å². The van der Waals surface area contributed by atoms with Gasteiger partial charge in [-0.15, -0.1) is 0 Å². The molecule has 0 bridgehead atoms. The summed E-state index contributed by atoms with van der Waals surface area (Å²) >= 11 is 0. The summed E-state index contributed by atoms with van der Waals surface area (Å²) in [6.07, 6.45) is 4.11. The molecule has 24 heavy (non-hydrogen) atoms. The molecule has 1 aromatic rings. The van der Waals surface area contributed by atoms with Gasteiger partial charge >= 0.3 is 0 Å². The number of benzene rings is 1. The minimum atomic E-state index is -3.50. The van der Waals surface area contributed by atoms with E-state index in [-0.39, 0.29) is 22.9 Å². The molecule has 2 aliphatic rings. The summed E-state index contributed by atoms with van der Waals surface area (Å²) in [7, 11) is -3.50. The third-order valence-electron chi connectivity index (χ3n) is 4.91. The molecule has 1 saturated heterocycles. The second kappa shape index (κ2) is 7.21. The van der Waals surface area contributed by atoms with Crippen LogP contribution >= 0.6 is 0 Å². The molecular formula is C17H25N3O3S. The number of nitrogens with one attached hydrogen (secondary N) is 2. The molecule has 1 aromatic carbocycles. The Kier molecular flexibility index (Phi) is 5.22. The van der Waals surface area contributed by atoms with Crippen LogP contribution in [-0.4, -0.2) is 50.3 Å². The van der Waals surface area contributed by atoms with Crippen LogP contribution in [0.4, 0.5) is 0 Å². The van der Waals surface area contributed by atoms with Crippen molar-refractivity contribution in [2.45, 2.75) is 49.6 Å². The van der Waals surface area contributed by atoms with Crippen molar-refractivity contribution in [1.29, 1.82) is 0 Å². The molecule has 1 aliphatic carbocycles. The van der Waals surface area contributed by atoms with Crippen molar-refractivity contribution in [3.63, 3.8) is 0 Å². The molecule has 2 fully saturated rings. The average Bonchev–Trinajstić information content (AvgIpc) is 2.58. The standard InChI is InChI=1S/C17H25N3O3S/c1-2-14-12-20(11-10-18-14)24(22,23)16-8-6-13(7-9-16)17(21)19-15-4-3-5-15/h6-9,14-15,18H,2-5,10-12H2,1H3,(H,19,21)/t14-/m0/s1. The first kappa shape index (κ1) is 17.4. The first-order chi connectivity index (χ1) is 11.5. The summed E-state index contributed by atoms with van der Waals surface area (Å²) < 4.78 is 27.1. The van der Waals surface area contributed by atoms with E-state index in [1.807, 2.05) is 6.92 Å². The normalized spacial score (nSPS) is 22.8. The van der Waals surface area contributed by atoms with E-state index in [0.29, 0.717) is 25.2 Å². The van der Waals surface area contributed by atoms with Gasteiger partial charge in [-0.2, -0.15) is 4.31 Å². The van der Waals surface area contributed by atoms with Crippen molar-refractivity contribution in [2.24, 2.45) is 0 Å². The van der Waals surface area contributed by atoms with Crippen LogP contribution in [0, 0.1) is 0 Å². The smallest absolute Gasteiger partial charge is 0.251 e. The van der Waals surface area contributed by atoms with Crippen LogP contribution < -0.4 is 10.6 Å². The number of amides is 1. The topological polar surface area (TPSA) is 78.5 Å². The maximum Gasteiger partial charge on any atom is 0.251 e. The minimum absolute atomic E-state index is 0.128. The summed E-state index contributed by atoms with van der Waals surface area (Å²) in [5, 5.41) is 6.28. The Hall–Kier alpha value is -1.44. The molecule has 0 unspecified atom stereocenters. The van der Waals surface area contributed by atoms with Gasteiger partial charge in [0.1, 0.15) is 0 Å². The molecule has 1 aliphatic heterocycles. The van der Waals surface area contributed by atoms with Gasteiger partial charge in [-0.05, 0) is 49.9 Å². The Balaban J connectivity index is 1.70. The van der Waals surface area contributed by atoms with Gasteiger partial charge in [0.25, 0.3) is 5.91 Å². The molecule has 0 radical (unpaired) electrons. The fourth-order valence-electron chi connectivity index (χ4n) is 3.04. The molecule has 7 heteroatoms. The molecule has 0 spiro atoms. The predicted molar refractivity (Wildman–Crippen MR) is 92.4 cm³/mol. The largest absolute Gasteiger partial charge is 0.349 e. The van der Waals surface area contributed by atoms with Crippen LogP contribution in [0.15, 0.2) is 29.2 Å². The predicted octanol–water partition coefficient (Wildman–Crippen LogP) is 1.34. The highest BCUT2D eigenvalue weighted by molar-refractivity contribution is 7.89. The van der Waals surface area contributed by atoms with E-state index in [4.69, 9.17) is 0 Å². The summed E-state index contributed by atoms with van der Waals surface area (Å²) in [6, 6.07) is 6.73. The Morgan fingerprint density at radius 3 is 2.58 bits per heavy atom. The van der Waals surface area contributed by atoms with Crippen LogP contribution in [0.25, 0.3) is 0 Å². The lowest BCUT2D eigenvalue weighted by atomic mass is 9.93. The number of sulfonamides is 1. The SMILES string of the molecule is CC[C@H]1CN(S(=O)(=O)c2ccc(C(=O)NC3CCC3)cc2)CCN1. The van der Waals surface area contributed by atoms with Gasteiger partial charge in [-0.1, -0.05) is 6.92 Å². The van der Waals surface area contributed by atoms with E-state index in [1.165, 1.54) is 16.4 Å². The van der Waals surface area contributed by atoms with Gasteiger partial charge < -0.3 is 10.6 Å². The number of nitrogens with zero attached hydrogens (tertiary/aromatic N) is 1. The molecule has 1 atom stereocenters. The van der Waals surface area contributed by atoms with E-state index in [1.54, 1.807) is 12.1 Å². The zero-order valence-corrected chi connectivity index (χ0v) is 14.8. The summed E-state index contributed by atoms with van der Waals surface area (Å²) in [6.45, 7) is 3.68. The molecule has 3 rings (SSSR count). The Bertz CT molecular complexity index is 684. The second-order valence-electron chi connectivity index (χ2n) is 6.55. The molecule has 1 heterocycles. The molecule has 0 aromatic heterocycles. The van der Waals surface area contributed by atoms with Crippen molar-refractivity contribution >= 4 is 15.9 Å². The highest BCUT2D eigenvalue weighted by Gasteiger charge is 2.29. The van der Waals surface area contributed by atoms with Gasteiger partial charge in [0, 0.05) is 37.3 Å². The zero-order chi connectivity index (χ0) is 17.2. The molecule has 1 saturated carbocycles. The van der Waals surface area contributed by atoms with Crippen molar-refractivity contribution < 1.29 is 13.2 Å². The van der Waals surface area contributed by atoms with Crippen LogP contribution in [0.5, 0.6) is 0 Å². The van der Waals surface area contributed by atoms with Gasteiger partial charge in [-0.25, -0.2) is 8.42 Å². The lowest BCUT2D eigenvalue weighted by molar-refractivity contribution is 0.0917. The Morgan fingerprint density at radius 1 is 1.29 bits per heavy atom. The molecular weight excluding hydrogens is 326 g/mol. The fourth-order valence-corrected chi connectivity index (χ4v) is 4.52. The highest BCUT2D eigenvalue weighted by atomic mass is 32.2. The third-order valence-corrected chi connectivity index (χ3v) is 6.79. The van der Waals surface area contributed by atoms with Crippen LogP contribution in [0.1, 0.15) is 43.0 Å². The molecule has 6 nitrogen and oxygen atoms in total. The van der Waals surface area contributed by atoms with E-state index in [9.17, 15) is 13.2 Å². The Morgan fingerprint density at radius 2 is 2.00 bits per heavy atom. The van der Waals surface area contributed by atoms with Crippen molar-refractivity contribution in [3.05, 3.63) is 29.8 Å². The van der Waals surface area contributed by atoms with Gasteiger partial charge in [-0.3, -0.25) is 4.79 Å². The number of piperazine rings is 1. The average molecular weight is 351 g/mol. The lowest BCUT2D eigenvalue weighted by Gasteiger charge is -2.32. The molecule has 132 valence electrons. The maximum absolute atomic E-state index is 12.8. The summed E-state index contributed by atoms with van der Waals surface area (Å²) in [5.41, 5.74) is 0.507. The van der Waals surface area contributed by atoms with Gasteiger partial charge in [0.15, 0.2) is 0 Å².